The molecular formula is C10H16N4O5S2. The van der Waals surface area contributed by atoms with Gasteiger partial charge in [0.25, 0.3) is 0 Å². The molecule has 0 bridgehead atoms. The zero-order valence-electron chi connectivity index (χ0n) is 12.1. The van der Waals surface area contributed by atoms with E-state index in [1.807, 2.05) is 0 Å². The van der Waals surface area contributed by atoms with Crippen molar-refractivity contribution in [3.8, 4) is 0 Å². The molecule has 1 heterocycles. The molecule has 11 heteroatoms. The van der Waals surface area contributed by atoms with Gasteiger partial charge in [0.2, 0.25) is 19.3 Å². The fourth-order valence-electron chi connectivity index (χ4n) is 1.27. The molecule has 1 aromatic heterocycles. The lowest BCUT2D eigenvalue weighted by molar-refractivity contribution is -0.139. The number of rotatable bonds is 5. The van der Waals surface area contributed by atoms with Crippen LogP contribution in [-0.2, 0) is 19.4 Å². The number of hydrogen-bond donors (Lipinski definition) is 0. The Hall–Kier alpha value is -1.75. The molecule has 0 aliphatic carbocycles. The Kier molecular flexibility index (Phi) is 5.61. The molecule has 1 aromatic rings. The number of urea groups is 1. The predicted octanol–water partition coefficient (Wildman–Crippen LogP) is -0.00730. The second-order valence-corrected chi connectivity index (χ2v) is 7.27. The van der Waals surface area contributed by atoms with Gasteiger partial charge < -0.3 is 9.64 Å². The van der Waals surface area contributed by atoms with E-state index in [1.165, 1.54) is 16.8 Å². The molecule has 0 aromatic carbocycles. The molecule has 118 valence electrons. The monoisotopic (exact) mass is 336 g/mol. The highest BCUT2D eigenvalue weighted by atomic mass is 32.2. The Bertz CT molecular complexity index is 625. The number of carbonyl (C=O) groups is 2. The Labute approximate surface area is 126 Å². The smallest absolute Gasteiger partial charge is 0.325 e. The average Bonchev–Trinajstić information content (AvgIpc) is 2.86. The number of aromatic nitrogens is 2. The zero-order chi connectivity index (χ0) is 16.2. The summed E-state index contributed by atoms with van der Waals surface area (Å²) in [6.45, 7) is 1.67. The number of esters is 1. The van der Waals surface area contributed by atoms with Crippen molar-refractivity contribution in [1.29, 1.82) is 0 Å². The third kappa shape index (κ3) is 4.36. The Balaban J connectivity index is 2.92. The topological polar surface area (TPSA) is 110 Å². The van der Waals surface area contributed by atoms with Crippen LogP contribution in [0.3, 0.4) is 0 Å². The first-order chi connectivity index (χ1) is 9.69. The summed E-state index contributed by atoms with van der Waals surface area (Å²) in [6.07, 6.45) is 0. The van der Waals surface area contributed by atoms with Gasteiger partial charge >= 0.3 is 12.0 Å². The van der Waals surface area contributed by atoms with E-state index >= 15 is 0 Å². The molecule has 1 rings (SSSR count). The lowest BCUT2D eigenvalue weighted by Gasteiger charge is -2.18. The second-order valence-electron chi connectivity index (χ2n) is 4.15. The number of sulfone groups is 1. The lowest BCUT2D eigenvalue weighted by Crippen LogP contribution is -2.36. The summed E-state index contributed by atoms with van der Waals surface area (Å²) in [6, 6.07) is -0.375. The van der Waals surface area contributed by atoms with Gasteiger partial charge in [-0.05, 0) is 6.92 Å². The molecule has 0 radical (unpaired) electrons. The molecule has 0 aliphatic rings. The Morgan fingerprint density at radius 2 is 1.86 bits per heavy atom. The lowest BCUT2D eigenvalue weighted by atomic mass is 10.7. The van der Waals surface area contributed by atoms with Crippen molar-refractivity contribution in [2.75, 3.05) is 38.4 Å². The molecular weight excluding hydrogens is 320 g/mol. The van der Waals surface area contributed by atoms with Crippen molar-refractivity contribution >= 4 is 38.3 Å². The van der Waals surface area contributed by atoms with E-state index in [1.54, 1.807) is 21.0 Å². The third-order valence-electron chi connectivity index (χ3n) is 2.23. The standard InChI is InChI=1S/C10H16N4O5S2/c1-5-19-7(15)6-21(17,18)9-12-11-8(20-9)14(4)10(16)13(2)3/h5-6H2,1-4H3. The molecule has 0 unspecified atom stereocenters. The number of amides is 2. The van der Waals surface area contributed by atoms with Crippen LogP contribution in [0.1, 0.15) is 6.92 Å². The summed E-state index contributed by atoms with van der Waals surface area (Å²) in [4.78, 5) is 25.5. The fraction of sp³-hybridized carbons (Fsp3) is 0.600. The SMILES string of the molecule is CCOC(=O)CS(=O)(=O)c1nnc(N(C)C(=O)N(C)C)s1. The average molecular weight is 336 g/mol. The summed E-state index contributed by atoms with van der Waals surface area (Å²) in [5.74, 6) is -1.66. The van der Waals surface area contributed by atoms with Crippen LogP contribution < -0.4 is 4.90 Å². The molecule has 0 spiro atoms. The molecule has 0 saturated heterocycles. The van der Waals surface area contributed by atoms with Gasteiger partial charge in [0, 0.05) is 21.1 Å². The zero-order valence-corrected chi connectivity index (χ0v) is 13.7. The van der Waals surface area contributed by atoms with Crippen LogP contribution in [0.15, 0.2) is 4.34 Å². The van der Waals surface area contributed by atoms with Crippen LogP contribution >= 0.6 is 11.3 Å². The van der Waals surface area contributed by atoms with Gasteiger partial charge in [0.05, 0.1) is 6.61 Å². The molecule has 9 nitrogen and oxygen atoms in total. The van der Waals surface area contributed by atoms with E-state index in [0.717, 1.165) is 0 Å². The largest absolute Gasteiger partial charge is 0.465 e. The molecule has 0 saturated carbocycles. The van der Waals surface area contributed by atoms with Crippen LogP contribution in [0.5, 0.6) is 0 Å². The summed E-state index contributed by atoms with van der Waals surface area (Å²) in [5.41, 5.74) is 0. The van der Waals surface area contributed by atoms with Gasteiger partial charge in [0.1, 0.15) is 0 Å². The van der Waals surface area contributed by atoms with Crippen molar-refractivity contribution < 1.29 is 22.7 Å². The minimum Gasteiger partial charge on any atom is -0.465 e. The summed E-state index contributed by atoms with van der Waals surface area (Å²) >= 11 is 0.714. The van der Waals surface area contributed by atoms with E-state index < -0.39 is 21.6 Å². The Morgan fingerprint density at radius 1 is 1.24 bits per heavy atom. The predicted molar refractivity (Wildman–Crippen MR) is 76.1 cm³/mol. The van der Waals surface area contributed by atoms with Crippen LogP contribution in [0.2, 0.25) is 0 Å². The van der Waals surface area contributed by atoms with Crippen molar-refractivity contribution in [2.24, 2.45) is 0 Å². The van der Waals surface area contributed by atoms with Crippen LogP contribution in [0, 0.1) is 0 Å². The number of ether oxygens (including phenoxy) is 1. The van der Waals surface area contributed by atoms with Gasteiger partial charge in [-0.1, -0.05) is 11.3 Å². The third-order valence-corrected chi connectivity index (χ3v) is 5.27. The van der Waals surface area contributed by atoms with Crippen LogP contribution in [-0.4, -0.2) is 69.0 Å². The summed E-state index contributed by atoms with van der Waals surface area (Å²) in [7, 11) is 0.635. The molecule has 2 amide bonds. The highest BCUT2D eigenvalue weighted by Crippen LogP contribution is 2.24. The molecule has 0 fully saturated rings. The van der Waals surface area contributed by atoms with Crippen molar-refractivity contribution in [2.45, 2.75) is 11.3 Å². The van der Waals surface area contributed by atoms with E-state index in [9.17, 15) is 18.0 Å². The minimum absolute atomic E-state index is 0.0931. The van der Waals surface area contributed by atoms with Crippen molar-refractivity contribution in [1.82, 2.24) is 15.1 Å². The van der Waals surface area contributed by atoms with E-state index in [2.05, 4.69) is 14.9 Å². The number of hydrogen-bond acceptors (Lipinski definition) is 8. The first-order valence-corrected chi connectivity index (χ1v) is 8.32. The number of nitrogens with zero attached hydrogens (tertiary/aromatic N) is 4. The highest BCUT2D eigenvalue weighted by molar-refractivity contribution is 7.94. The molecule has 0 aliphatic heterocycles. The van der Waals surface area contributed by atoms with E-state index in [0.29, 0.717) is 11.3 Å². The first kappa shape index (κ1) is 17.3. The highest BCUT2D eigenvalue weighted by Gasteiger charge is 2.27. The maximum absolute atomic E-state index is 12.0. The summed E-state index contributed by atoms with van der Waals surface area (Å²) < 4.78 is 28.2. The van der Waals surface area contributed by atoms with Gasteiger partial charge in [0.15, 0.2) is 5.75 Å². The molecule has 21 heavy (non-hydrogen) atoms. The van der Waals surface area contributed by atoms with Crippen molar-refractivity contribution in [3.05, 3.63) is 0 Å². The van der Waals surface area contributed by atoms with Crippen LogP contribution in [0.25, 0.3) is 0 Å². The maximum atomic E-state index is 12.0. The van der Waals surface area contributed by atoms with Gasteiger partial charge in [-0.3, -0.25) is 9.69 Å². The second kappa shape index (κ2) is 6.80. The molecule has 0 N–H and O–H groups in total. The van der Waals surface area contributed by atoms with E-state index in [-0.39, 0.29) is 22.1 Å². The van der Waals surface area contributed by atoms with Gasteiger partial charge in [-0.25, -0.2) is 13.2 Å². The van der Waals surface area contributed by atoms with E-state index in [4.69, 9.17) is 0 Å². The first-order valence-electron chi connectivity index (χ1n) is 5.86. The van der Waals surface area contributed by atoms with Crippen LogP contribution in [0.4, 0.5) is 9.93 Å². The Morgan fingerprint density at radius 3 is 2.38 bits per heavy atom. The maximum Gasteiger partial charge on any atom is 0.325 e. The molecule has 0 atom stereocenters. The van der Waals surface area contributed by atoms with Gasteiger partial charge in [-0.2, -0.15) is 0 Å². The van der Waals surface area contributed by atoms with Gasteiger partial charge in [-0.15, -0.1) is 10.2 Å². The normalized spacial score (nSPS) is 11.0. The number of anilines is 1. The van der Waals surface area contributed by atoms with Crippen molar-refractivity contribution in [3.63, 3.8) is 0 Å². The summed E-state index contributed by atoms with van der Waals surface area (Å²) in [5, 5.41) is 7.30. The quantitative estimate of drug-likeness (QED) is 0.549. The minimum atomic E-state index is -3.92. The fourth-order valence-corrected chi connectivity index (χ4v) is 3.39. The number of carbonyl (C=O) groups excluding carboxylic acids is 2.